The van der Waals surface area contributed by atoms with Crippen LogP contribution in [0.2, 0.25) is 5.15 Å². The molecule has 3 heterocycles. The van der Waals surface area contributed by atoms with Crippen molar-refractivity contribution in [3.8, 4) is 0 Å². The van der Waals surface area contributed by atoms with Gasteiger partial charge in [0.1, 0.15) is 16.7 Å². The van der Waals surface area contributed by atoms with Crippen LogP contribution in [-0.4, -0.2) is 58.1 Å². The van der Waals surface area contributed by atoms with Crippen molar-refractivity contribution in [2.45, 2.75) is 50.9 Å². The van der Waals surface area contributed by atoms with Crippen LogP contribution in [0.3, 0.4) is 0 Å². The third-order valence-electron chi connectivity index (χ3n) is 5.05. The Balaban J connectivity index is 1.54. The summed E-state index contributed by atoms with van der Waals surface area (Å²) in [7, 11) is 0. The van der Waals surface area contributed by atoms with Crippen LogP contribution in [0, 0.1) is 0 Å². The van der Waals surface area contributed by atoms with E-state index in [0.717, 1.165) is 12.8 Å². The lowest BCUT2D eigenvalue weighted by molar-refractivity contribution is -0.133. The molecule has 1 fully saturated rings. The van der Waals surface area contributed by atoms with Crippen molar-refractivity contribution in [2.75, 3.05) is 30.3 Å². The summed E-state index contributed by atoms with van der Waals surface area (Å²) in [6.07, 6.45) is 4.10. The van der Waals surface area contributed by atoms with Gasteiger partial charge in [-0.2, -0.15) is 0 Å². The number of anilines is 1. The maximum Gasteiger partial charge on any atom is 0.230 e. The highest BCUT2D eigenvalue weighted by Crippen LogP contribution is 2.24. The van der Waals surface area contributed by atoms with Crippen LogP contribution in [0.5, 0.6) is 0 Å². The highest BCUT2D eigenvalue weighted by Gasteiger charge is 2.28. The molecule has 1 N–H and O–H groups in total. The summed E-state index contributed by atoms with van der Waals surface area (Å²) in [4.78, 5) is 37.4. The number of rotatable bonds is 9. The molecule has 2 amide bonds. The fourth-order valence-corrected chi connectivity index (χ4v) is 4.31. The summed E-state index contributed by atoms with van der Waals surface area (Å²) in [5.74, 6) is 1.66. The van der Waals surface area contributed by atoms with E-state index in [-0.39, 0.29) is 23.6 Å². The molecule has 0 spiro atoms. The Hall–Kier alpha value is -2.26. The SMILES string of the molecule is CCCCC(=O)N1CCN(c2cc(Cl)nc(SCC(=O)NCc3ccco3)n2)CC1C. The maximum absolute atomic E-state index is 12.4. The van der Waals surface area contributed by atoms with Gasteiger partial charge in [-0.3, -0.25) is 9.59 Å². The van der Waals surface area contributed by atoms with Crippen molar-refractivity contribution in [3.63, 3.8) is 0 Å². The number of piperazine rings is 1. The van der Waals surface area contributed by atoms with Crippen molar-refractivity contribution in [1.29, 1.82) is 0 Å². The van der Waals surface area contributed by atoms with E-state index in [9.17, 15) is 9.59 Å². The second-order valence-corrected chi connectivity index (χ2v) is 8.79. The molecule has 0 radical (unpaired) electrons. The molecule has 2 aromatic heterocycles. The Morgan fingerprint density at radius 3 is 2.90 bits per heavy atom. The Morgan fingerprint density at radius 2 is 2.19 bits per heavy atom. The number of nitrogens with one attached hydrogen (secondary N) is 1. The quantitative estimate of drug-likeness (QED) is 0.345. The number of halogens is 1. The van der Waals surface area contributed by atoms with Crippen molar-refractivity contribution in [2.24, 2.45) is 0 Å². The fraction of sp³-hybridized carbons (Fsp3) is 0.524. The smallest absolute Gasteiger partial charge is 0.230 e. The van der Waals surface area contributed by atoms with E-state index >= 15 is 0 Å². The highest BCUT2D eigenvalue weighted by atomic mass is 35.5. The van der Waals surface area contributed by atoms with E-state index in [1.54, 1.807) is 24.5 Å². The second-order valence-electron chi connectivity index (χ2n) is 7.46. The summed E-state index contributed by atoms with van der Waals surface area (Å²) in [6, 6.07) is 5.40. The van der Waals surface area contributed by atoms with E-state index in [4.69, 9.17) is 16.0 Å². The van der Waals surface area contributed by atoms with Crippen LogP contribution >= 0.6 is 23.4 Å². The number of thioether (sulfide) groups is 1. The van der Waals surface area contributed by atoms with E-state index in [0.29, 0.717) is 54.5 Å². The molecule has 3 rings (SSSR count). The van der Waals surface area contributed by atoms with Crippen LogP contribution in [0.25, 0.3) is 0 Å². The molecule has 10 heteroatoms. The topological polar surface area (TPSA) is 91.6 Å². The van der Waals surface area contributed by atoms with Gasteiger partial charge in [-0.25, -0.2) is 9.97 Å². The zero-order chi connectivity index (χ0) is 22.2. The molecule has 1 saturated heterocycles. The van der Waals surface area contributed by atoms with Crippen LogP contribution in [0.15, 0.2) is 34.0 Å². The van der Waals surface area contributed by atoms with Crippen LogP contribution < -0.4 is 10.2 Å². The lowest BCUT2D eigenvalue weighted by Crippen LogP contribution is -2.54. The predicted octanol–water partition coefficient (Wildman–Crippen LogP) is 3.36. The van der Waals surface area contributed by atoms with Gasteiger partial charge in [-0.15, -0.1) is 0 Å². The van der Waals surface area contributed by atoms with Crippen molar-refractivity contribution < 1.29 is 14.0 Å². The third kappa shape index (κ3) is 6.87. The number of carbonyl (C=O) groups excluding carboxylic acids is 2. The summed E-state index contributed by atoms with van der Waals surface area (Å²) < 4.78 is 5.20. The minimum Gasteiger partial charge on any atom is -0.467 e. The molecule has 1 aliphatic heterocycles. The standard InChI is InChI=1S/C21H28ClN5O3S/c1-3-4-7-20(29)27-9-8-26(13-15(27)2)18-11-17(22)24-21(25-18)31-14-19(28)23-12-16-6-5-10-30-16/h5-6,10-11,15H,3-4,7-9,12-14H2,1-2H3,(H,23,28). The summed E-state index contributed by atoms with van der Waals surface area (Å²) in [6.45, 7) is 6.50. The maximum atomic E-state index is 12.4. The Morgan fingerprint density at radius 1 is 1.35 bits per heavy atom. The number of unbranched alkanes of at least 4 members (excludes halogenated alkanes) is 1. The lowest BCUT2D eigenvalue weighted by atomic mass is 10.1. The second kappa shape index (κ2) is 11.4. The van der Waals surface area contributed by atoms with Crippen molar-refractivity contribution in [1.82, 2.24) is 20.2 Å². The lowest BCUT2D eigenvalue weighted by Gasteiger charge is -2.40. The van der Waals surface area contributed by atoms with E-state index in [1.165, 1.54) is 11.8 Å². The van der Waals surface area contributed by atoms with Gasteiger partial charge >= 0.3 is 0 Å². The van der Waals surface area contributed by atoms with Gasteiger partial charge in [0.05, 0.1) is 18.6 Å². The first-order valence-corrected chi connectivity index (χ1v) is 11.8. The fourth-order valence-electron chi connectivity index (χ4n) is 3.40. The van der Waals surface area contributed by atoms with Gasteiger partial charge in [0, 0.05) is 38.2 Å². The van der Waals surface area contributed by atoms with Crippen LogP contribution in [-0.2, 0) is 16.1 Å². The molecule has 8 nitrogen and oxygen atoms in total. The molecule has 1 unspecified atom stereocenters. The minimum absolute atomic E-state index is 0.0929. The number of nitrogens with zero attached hydrogens (tertiary/aromatic N) is 4. The van der Waals surface area contributed by atoms with Gasteiger partial charge in [0.25, 0.3) is 0 Å². The summed E-state index contributed by atoms with van der Waals surface area (Å²) in [5, 5.41) is 3.57. The van der Waals surface area contributed by atoms with Gasteiger partial charge < -0.3 is 19.5 Å². The molecular formula is C21H28ClN5O3S. The molecule has 1 atom stereocenters. The van der Waals surface area contributed by atoms with E-state index < -0.39 is 0 Å². The highest BCUT2D eigenvalue weighted by molar-refractivity contribution is 7.99. The molecule has 31 heavy (non-hydrogen) atoms. The number of hydrogen-bond donors (Lipinski definition) is 1. The molecule has 2 aromatic rings. The Labute approximate surface area is 191 Å². The molecule has 1 aliphatic rings. The van der Waals surface area contributed by atoms with Gasteiger partial charge in [0.15, 0.2) is 5.16 Å². The van der Waals surface area contributed by atoms with Crippen molar-refractivity contribution in [3.05, 3.63) is 35.4 Å². The van der Waals surface area contributed by atoms with Crippen molar-refractivity contribution >= 4 is 41.0 Å². The molecule has 0 saturated carbocycles. The number of aromatic nitrogens is 2. The average Bonchev–Trinajstić information content (AvgIpc) is 3.28. The monoisotopic (exact) mass is 465 g/mol. The predicted molar refractivity (Wildman–Crippen MR) is 121 cm³/mol. The number of hydrogen-bond acceptors (Lipinski definition) is 7. The zero-order valence-corrected chi connectivity index (χ0v) is 19.4. The first-order chi connectivity index (χ1) is 15.0. The molecule has 0 bridgehead atoms. The minimum atomic E-state index is -0.139. The Bertz CT molecular complexity index is 880. The number of furan rings is 1. The van der Waals surface area contributed by atoms with E-state index in [1.807, 2.05) is 4.90 Å². The summed E-state index contributed by atoms with van der Waals surface area (Å²) in [5.41, 5.74) is 0. The van der Waals surface area contributed by atoms with Gasteiger partial charge in [-0.05, 0) is 25.5 Å². The molecular weight excluding hydrogens is 438 g/mol. The normalized spacial score (nSPS) is 16.4. The van der Waals surface area contributed by atoms with Gasteiger partial charge in [0.2, 0.25) is 11.8 Å². The Kier molecular flexibility index (Phi) is 8.60. The largest absolute Gasteiger partial charge is 0.467 e. The van der Waals surface area contributed by atoms with E-state index in [2.05, 4.69) is 34.0 Å². The summed E-state index contributed by atoms with van der Waals surface area (Å²) >= 11 is 7.45. The van der Waals surface area contributed by atoms with Crippen LogP contribution in [0.4, 0.5) is 5.82 Å². The first kappa shape index (κ1) is 23.4. The van der Waals surface area contributed by atoms with Gasteiger partial charge in [-0.1, -0.05) is 36.7 Å². The third-order valence-corrected chi connectivity index (χ3v) is 6.09. The first-order valence-electron chi connectivity index (χ1n) is 10.5. The zero-order valence-electron chi connectivity index (χ0n) is 17.8. The number of amides is 2. The number of carbonyl (C=O) groups is 2. The molecule has 168 valence electrons. The average molecular weight is 466 g/mol. The van der Waals surface area contributed by atoms with Crippen LogP contribution in [0.1, 0.15) is 38.9 Å². The molecule has 0 aliphatic carbocycles. The molecule has 0 aromatic carbocycles.